The summed E-state index contributed by atoms with van der Waals surface area (Å²) in [6.45, 7) is 2.74. The van der Waals surface area contributed by atoms with Crippen LogP contribution in [0.5, 0.6) is 0 Å². The predicted molar refractivity (Wildman–Crippen MR) is 327 cm³/mol. The van der Waals surface area contributed by atoms with Gasteiger partial charge in [0.15, 0.2) is 12.6 Å². The lowest BCUT2D eigenvalue weighted by Crippen LogP contribution is -2.65. The van der Waals surface area contributed by atoms with Crippen LogP contribution in [0.15, 0.2) is 72.9 Å². The Morgan fingerprint density at radius 1 is 0.457 bits per heavy atom. The lowest BCUT2D eigenvalue weighted by atomic mass is 9.97. The molecule has 14 nitrogen and oxygen atoms in total. The van der Waals surface area contributed by atoms with Crippen LogP contribution in [0.25, 0.3) is 0 Å². The molecule has 2 aliphatic heterocycles. The van der Waals surface area contributed by atoms with E-state index in [4.69, 9.17) is 18.9 Å². The molecule has 81 heavy (non-hydrogen) atoms. The first-order chi connectivity index (χ1) is 39.6. The number of carbonyl (C=O) groups is 1. The summed E-state index contributed by atoms with van der Waals surface area (Å²) >= 11 is 0. The van der Waals surface area contributed by atoms with E-state index in [0.717, 1.165) is 77.0 Å². The summed E-state index contributed by atoms with van der Waals surface area (Å²) in [6, 6.07) is -0.858. The molecule has 0 spiro atoms. The maximum atomic E-state index is 13.3. The van der Waals surface area contributed by atoms with Crippen LogP contribution in [-0.4, -0.2) is 140 Å². The molecule has 14 heteroatoms. The van der Waals surface area contributed by atoms with Gasteiger partial charge in [0.2, 0.25) is 5.91 Å². The number of carbonyl (C=O) groups excluding carboxylic acids is 1. The molecule has 2 fully saturated rings. The highest BCUT2D eigenvalue weighted by atomic mass is 16.7. The van der Waals surface area contributed by atoms with Crippen LogP contribution in [0.4, 0.5) is 0 Å². The van der Waals surface area contributed by atoms with Gasteiger partial charge in [-0.25, -0.2) is 0 Å². The third kappa shape index (κ3) is 36.8. The molecule has 1 amide bonds. The molecular weight excluding hydrogens is 1030 g/mol. The monoisotopic (exact) mass is 1150 g/mol. The highest BCUT2D eigenvalue weighted by molar-refractivity contribution is 5.76. The molecule has 0 aliphatic carbocycles. The number of hydrogen-bond donors (Lipinski definition) is 9. The molecule has 0 aromatic carbocycles. The number of nitrogens with one attached hydrogen (secondary N) is 1. The van der Waals surface area contributed by atoms with Gasteiger partial charge < -0.3 is 65.1 Å². The van der Waals surface area contributed by atoms with Gasteiger partial charge in [-0.3, -0.25) is 4.79 Å². The molecule has 12 unspecified atom stereocenters. The summed E-state index contributed by atoms with van der Waals surface area (Å²) in [4.78, 5) is 13.3. The minimum atomic E-state index is -1.79. The van der Waals surface area contributed by atoms with E-state index in [1.165, 1.54) is 141 Å². The van der Waals surface area contributed by atoms with Crippen molar-refractivity contribution < 1.29 is 64.6 Å². The maximum absolute atomic E-state index is 13.3. The van der Waals surface area contributed by atoms with Gasteiger partial charge in [-0.1, -0.05) is 254 Å². The van der Waals surface area contributed by atoms with Crippen molar-refractivity contribution in [1.82, 2.24) is 5.32 Å². The fourth-order valence-electron chi connectivity index (χ4n) is 10.5. The zero-order valence-electron chi connectivity index (χ0n) is 50.8. The van der Waals surface area contributed by atoms with Gasteiger partial charge in [-0.15, -0.1) is 0 Å². The number of allylic oxidation sites excluding steroid dienone is 12. The van der Waals surface area contributed by atoms with Gasteiger partial charge in [-0.05, 0) is 64.2 Å². The number of aliphatic hydroxyl groups excluding tert-OH is 8. The molecule has 2 heterocycles. The summed E-state index contributed by atoms with van der Waals surface area (Å²) in [6.07, 6.45) is 52.0. The van der Waals surface area contributed by atoms with Crippen molar-refractivity contribution in [3.05, 3.63) is 72.9 Å². The van der Waals surface area contributed by atoms with Gasteiger partial charge in [0.05, 0.1) is 32.0 Å². The summed E-state index contributed by atoms with van der Waals surface area (Å²) in [7, 11) is 0. The van der Waals surface area contributed by atoms with Gasteiger partial charge in [0, 0.05) is 6.42 Å². The number of amides is 1. The van der Waals surface area contributed by atoms with E-state index in [-0.39, 0.29) is 18.9 Å². The average molecular weight is 1150 g/mol. The molecule has 9 N–H and O–H groups in total. The Kier molecular flexibility index (Phi) is 47.7. The number of hydrogen-bond acceptors (Lipinski definition) is 13. The second-order valence-electron chi connectivity index (χ2n) is 22.9. The van der Waals surface area contributed by atoms with Gasteiger partial charge in [0.1, 0.15) is 48.8 Å². The third-order valence-corrected chi connectivity index (χ3v) is 15.7. The van der Waals surface area contributed by atoms with Gasteiger partial charge >= 0.3 is 0 Å². The lowest BCUT2D eigenvalue weighted by Gasteiger charge is -2.46. The van der Waals surface area contributed by atoms with E-state index < -0.39 is 86.8 Å². The van der Waals surface area contributed by atoms with Crippen molar-refractivity contribution in [2.75, 3.05) is 19.8 Å². The first kappa shape index (κ1) is 74.5. The molecule has 0 saturated carbocycles. The second kappa shape index (κ2) is 51.8. The van der Waals surface area contributed by atoms with Crippen LogP contribution in [0.1, 0.15) is 251 Å². The van der Waals surface area contributed by atoms with E-state index in [1.54, 1.807) is 0 Å². The molecule has 0 aromatic heterocycles. The molecule has 470 valence electrons. The van der Waals surface area contributed by atoms with Crippen LogP contribution >= 0.6 is 0 Å². The molecule has 0 aromatic rings. The van der Waals surface area contributed by atoms with Crippen molar-refractivity contribution >= 4 is 5.91 Å². The third-order valence-electron chi connectivity index (χ3n) is 15.7. The first-order valence-corrected chi connectivity index (χ1v) is 32.7. The van der Waals surface area contributed by atoms with Crippen molar-refractivity contribution in [2.24, 2.45) is 0 Å². The number of unbranched alkanes of at least 4 members (excludes halogenated alkanes) is 27. The van der Waals surface area contributed by atoms with Crippen LogP contribution < -0.4 is 5.32 Å². The Labute approximate surface area is 491 Å². The largest absolute Gasteiger partial charge is 0.394 e. The van der Waals surface area contributed by atoms with E-state index in [9.17, 15) is 45.6 Å². The van der Waals surface area contributed by atoms with Crippen molar-refractivity contribution in [2.45, 2.75) is 325 Å². The topological polar surface area (TPSA) is 228 Å². The SMILES string of the molecule is CC/C=C\C/C=C\C/C=C\C/C=C\C/C=C\C/C=C\CCCCC(=O)NC(COC1OC(CO)C(OC2OC(CO)C(O)C(O)C2O)C(O)C1O)C(O)CCCCCCCCCCCCCCCCCCCCCCCCCCCC. The smallest absolute Gasteiger partial charge is 0.220 e. The quantitative estimate of drug-likeness (QED) is 0.0204. The Bertz CT molecular complexity index is 1630. The Hall–Kier alpha value is -2.57. The highest BCUT2D eigenvalue weighted by Gasteiger charge is 2.51. The summed E-state index contributed by atoms with van der Waals surface area (Å²) in [5.41, 5.74) is 0. The number of rotatable bonds is 52. The standard InChI is InChI=1S/C67H119NO13/c1-3-5-7-9-11-13-15-17-19-21-23-25-26-27-28-29-31-32-34-36-38-40-42-44-46-48-50-56(71)55(54-78-66-64(77)62(75)65(58(53-70)80-66)81-67-63(76)61(74)60(73)57(52-69)79-67)68-59(72)51-49-47-45-43-41-39-37-35-33-30-24-22-20-18-16-14-12-10-8-6-4-2/h6,8,12,14,18,20,24,30,35,37,41,43,55-58,60-67,69-71,73-77H,3-5,7,9-11,13,15-17,19,21-23,25-29,31-34,36,38-40,42,44-54H2,1-2H3,(H,68,72)/b8-6-,14-12-,20-18-,30-24-,37-35-,43-41-. The molecular formula is C67H119NO13. The predicted octanol–water partition coefficient (Wildman–Crippen LogP) is 12.3. The fraction of sp³-hybridized carbons (Fsp3) is 0.806. The molecule has 0 bridgehead atoms. The zero-order valence-corrected chi connectivity index (χ0v) is 50.8. The van der Waals surface area contributed by atoms with Crippen LogP contribution in [0.2, 0.25) is 0 Å². The maximum Gasteiger partial charge on any atom is 0.220 e. The van der Waals surface area contributed by atoms with Crippen molar-refractivity contribution in [1.29, 1.82) is 0 Å². The van der Waals surface area contributed by atoms with Gasteiger partial charge in [0.25, 0.3) is 0 Å². The average Bonchev–Trinajstić information content (AvgIpc) is 3.47. The summed E-state index contributed by atoms with van der Waals surface area (Å²) < 4.78 is 22.9. The fourth-order valence-corrected chi connectivity index (χ4v) is 10.5. The minimum absolute atomic E-state index is 0.246. The zero-order chi connectivity index (χ0) is 58.8. The van der Waals surface area contributed by atoms with Crippen molar-refractivity contribution in [3.63, 3.8) is 0 Å². The van der Waals surface area contributed by atoms with Crippen LogP contribution in [-0.2, 0) is 23.7 Å². The Morgan fingerprint density at radius 2 is 0.852 bits per heavy atom. The Balaban J connectivity index is 1.73. The lowest BCUT2D eigenvalue weighted by molar-refractivity contribution is -0.359. The number of ether oxygens (including phenoxy) is 4. The van der Waals surface area contributed by atoms with E-state index in [2.05, 4.69) is 92.1 Å². The van der Waals surface area contributed by atoms with Crippen LogP contribution in [0.3, 0.4) is 0 Å². The summed E-state index contributed by atoms with van der Waals surface area (Å²) in [5.74, 6) is -0.248. The summed E-state index contributed by atoms with van der Waals surface area (Å²) in [5, 5.41) is 87.4. The van der Waals surface area contributed by atoms with E-state index >= 15 is 0 Å². The van der Waals surface area contributed by atoms with Gasteiger partial charge in [-0.2, -0.15) is 0 Å². The number of aliphatic hydroxyl groups is 8. The molecule has 0 radical (unpaired) electrons. The molecule has 2 rings (SSSR count). The highest BCUT2D eigenvalue weighted by Crippen LogP contribution is 2.30. The normalized spacial score (nSPS) is 24.6. The van der Waals surface area contributed by atoms with E-state index in [0.29, 0.717) is 12.8 Å². The van der Waals surface area contributed by atoms with Crippen molar-refractivity contribution in [3.8, 4) is 0 Å². The molecule has 2 saturated heterocycles. The first-order valence-electron chi connectivity index (χ1n) is 32.7. The second-order valence-corrected chi connectivity index (χ2v) is 22.9. The molecule has 12 atom stereocenters. The van der Waals surface area contributed by atoms with E-state index in [1.807, 2.05) is 0 Å². The van der Waals surface area contributed by atoms with Crippen LogP contribution in [0, 0.1) is 0 Å². The molecule has 2 aliphatic rings. The Morgan fingerprint density at radius 3 is 1.28 bits per heavy atom. The minimum Gasteiger partial charge on any atom is -0.394 e.